The van der Waals surface area contributed by atoms with Crippen LogP contribution >= 0.6 is 0 Å². The molecule has 0 heterocycles. The Morgan fingerprint density at radius 3 is 2.16 bits per heavy atom. The van der Waals surface area contributed by atoms with Gasteiger partial charge in [0.1, 0.15) is 23.2 Å². The van der Waals surface area contributed by atoms with E-state index in [4.69, 9.17) is 4.74 Å². The van der Waals surface area contributed by atoms with Gasteiger partial charge in [-0.3, -0.25) is 0 Å². The van der Waals surface area contributed by atoms with Crippen LogP contribution in [0.4, 0.5) is 26.3 Å². The first-order valence-electron chi connectivity index (χ1n) is 11.7. The molecule has 0 bridgehead atoms. The zero-order chi connectivity index (χ0) is 26.5. The smallest absolute Gasteiger partial charge is 0.195 e. The average Bonchev–Trinajstić information content (AvgIpc) is 2.86. The first kappa shape index (κ1) is 26.2. The van der Waals surface area contributed by atoms with Crippen LogP contribution in [0.5, 0.6) is 5.75 Å². The fraction of sp³-hybridized carbons (Fsp3) is 0.200. The molecule has 4 aromatic rings. The molecule has 0 aliphatic carbocycles. The Morgan fingerprint density at radius 2 is 1.46 bits per heavy atom. The van der Waals surface area contributed by atoms with E-state index in [1.165, 1.54) is 24.3 Å². The van der Waals surface area contributed by atoms with E-state index in [0.29, 0.717) is 23.5 Å². The van der Waals surface area contributed by atoms with Crippen molar-refractivity contribution in [1.29, 1.82) is 0 Å². The normalized spacial score (nSPS) is 10.9. The van der Waals surface area contributed by atoms with E-state index in [1.54, 1.807) is 12.1 Å². The number of unbranched alkanes of at least 4 members (excludes halogenated alkanes) is 1. The van der Waals surface area contributed by atoms with Crippen molar-refractivity contribution < 1.29 is 31.1 Å². The Balaban J connectivity index is 1.48. The molecule has 0 saturated carbocycles. The van der Waals surface area contributed by atoms with Crippen molar-refractivity contribution in [2.75, 3.05) is 6.61 Å². The fourth-order valence-corrected chi connectivity index (χ4v) is 3.84. The number of hydrogen-bond donors (Lipinski definition) is 0. The second-order valence-electron chi connectivity index (χ2n) is 8.56. The Bertz CT molecular complexity index is 1490. The average molecular weight is 512 g/mol. The highest BCUT2D eigenvalue weighted by Crippen LogP contribution is 2.24. The van der Waals surface area contributed by atoms with E-state index in [0.717, 1.165) is 31.0 Å². The molecule has 0 aliphatic heterocycles. The van der Waals surface area contributed by atoms with Crippen LogP contribution in [0.15, 0.2) is 54.6 Å². The minimum absolute atomic E-state index is 0.0623. The summed E-state index contributed by atoms with van der Waals surface area (Å²) in [5.41, 5.74) is 0.497. The number of ether oxygens (including phenoxy) is 1. The molecule has 0 aliphatic rings. The van der Waals surface area contributed by atoms with Crippen LogP contribution in [-0.2, 0) is 12.8 Å². The molecule has 0 unspecified atom stereocenters. The topological polar surface area (TPSA) is 9.23 Å². The van der Waals surface area contributed by atoms with Gasteiger partial charge < -0.3 is 4.74 Å². The first-order chi connectivity index (χ1) is 17.8. The minimum Gasteiger partial charge on any atom is -0.493 e. The second-order valence-corrected chi connectivity index (χ2v) is 8.56. The molecule has 190 valence electrons. The lowest BCUT2D eigenvalue weighted by Gasteiger charge is -2.09. The summed E-state index contributed by atoms with van der Waals surface area (Å²) in [6, 6.07) is 11.5. The first-order valence-corrected chi connectivity index (χ1v) is 11.7. The van der Waals surface area contributed by atoms with E-state index in [1.807, 2.05) is 6.92 Å². The highest BCUT2D eigenvalue weighted by Gasteiger charge is 2.14. The molecule has 0 fully saturated rings. The van der Waals surface area contributed by atoms with Crippen LogP contribution in [0.1, 0.15) is 42.0 Å². The van der Waals surface area contributed by atoms with E-state index < -0.39 is 40.5 Å². The summed E-state index contributed by atoms with van der Waals surface area (Å²) in [4.78, 5) is 0. The maximum Gasteiger partial charge on any atom is 0.195 e. The third-order valence-electron chi connectivity index (χ3n) is 5.88. The lowest BCUT2D eigenvalue weighted by molar-refractivity contribution is 0.307. The Morgan fingerprint density at radius 1 is 0.703 bits per heavy atom. The van der Waals surface area contributed by atoms with Gasteiger partial charge in [-0.1, -0.05) is 37.3 Å². The maximum absolute atomic E-state index is 14.6. The second kappa shape index (κ2) is 11.4. The number of fused-ring (bicyclic) bond motifs is 1. The van der Waals surface area contributed by atoms with Crippen molar-refractivity contribution in [3.63, 3.8) is 0 Å². The minimum atomic E-state index is -1.58. The zero-order valence-corrected chi connectivity index (χ0v) is 19.9. The van der Waals surface area contributed by atoms with E-state index in [2.05, 4.69) is 11.8 Å². The standard InChI is InChI=1S/C30H22F6O/c1-2-3-12-37-22-9-8-20(25(31)17-22)7-4-19-14-26(32)24(27(33)15-19)11-6-18-5-10-23-21(13-18)16-28(34)30(36)29(23)35/h5,8-10,13-17H,2-4,7,12H2,1H3. The van der Waals surface area contributed by atoms with Crippen molar-refractivity contribution in [2.24, 2.45) is 0 Å². The number of halogens is 6. The summed E-state index contributed by atoms with van der Waals surface area (Å²) >= 11 is 0. The highest BCUT2D eigenvalue weighted by atomic mass is 19.2. The van der Waals surface area contributed by atoms with Crippen molar-refractivity contribution in [3.8, 4) is 17.6 Å². The third kappa shape index (κ3) is 6.08. The molecular weight excluding hydrogens is 490 g/mol. The monoisotopic (exact) mass is 512 g/mol. The third-order valence-corrected chi connectivity index (χ3v) is 5.88. The Labute approximate surface area is 210 Å². The van der Waals surface area contributed by atoms with Crippen LogP contribution in [0.2, 0.25) is 0 Å². The largest absolute Gasteiger partial charge is 0.493 e. The maximum atomic E-state index is 14.6. The van der Waals surface area contributed by atoms with Crippen molar-refractivity contribution in [3.05, 3.63) is 112 Å². The number of benzene rings is 4. The number of rotatable bonds is 7. The predicted molar refractivity (Wildman–Crippen MR) is 130 cm³/mol. The van der Waals surface area contributed by atoms with Gasteiger partial charge in [0.2, 0.25) is 0 Å². The summed E-state index contributed by atoms with van der Waals surface area (Å²) in [5, 5.41) is -0.0754. The Hall–Kier alpha value is -3.92. The lowest BCUT2D eigenvalue weighted by Crippen LogP contribution is -2.00. The molecule has 4 aromatic carbocycles. The number of hydrogen-bond acceptors (Lipinski definition) is 1. The van der Waals surface area contributed by atoms with Gasteiger partial charge in [0.25, 0.3) is 0 Å². The molecule has 0 saturated heterocycles. The summed E-state index contributed by atoms with van der Waals surface area (Å²) in [6.07, 6.45) is 2.26. The van der Waals surface area contributed by atoms with E-state index in [9.17, 15) is 26.3 Å². The zero-order valence-electron chi connectivity index (χ0n) is 19.9. The Kier molecular flexibility index (Phi) is 8.08. The van der Waals surface area contributed by atoms with Crippen LogP contribution < -0.4 is 4.74 Å². The number of aryl methyl sites for hydroxylation is 2. The molecule has 0 aromatic heterocycles. The molecule has 0 atom stereocenters. The molecule has 4 rings (SSSR count). The summed E-state index contributed by atoms with van der Waals surface area (Å²) < 4.78 is 90.0. The molecule has 0 spiro atoms. The molecule has 0 N–H and O–H groups in total. The van der Waals surface area contributed by atoms with Gasteiger partial charge in [-0.2, -0.15) is 0 Å². The van der Waals surface area contributed by atoms with Gasteiger partial charge in [0.15, 0.2) is 17.5 Å². The van der Waals surface area contributed by atoms with E-state index in [-0.39, 0.29) is 29.2 Å². The summed E-state index contributed by atoms with van der Waals surface area (Å²) in [6.45, 7) is 2.53. The molecular formula is C30H22F6O. The molecule has 37 heavy (non-hydrogen) atoms. The lowest BCUT2D eigenvalue weighted by atomic mass is 10.0. The molecule has 0 radical (unpaired) electrons. The van der Waals surface area contributed by atoms with Gasteiger partial charge >= 0.3 is 0 Å². The summed E-state index contributed by atoms with van der Waals surface area (Å²) in [5.74, 6) is -1.06. The quantitative estimate of drug-likeness (QED) is 0.105. The van der Waals surface area contributed by atoms with Crippen LogP contribution in [0.25, 0.3) is 10.8 Å². The fourth-order valence-electron chi connectivity index (χ4n) is 3.84. The summed E-state index contributed by atoms with van der Waals surface area (Å²) in [7, 11) is 0. The van der Waals surface area contributed by atoms with Gasteiger partial charge in [-0.25, -0.2) is 26.3 Å². The van der Waals surface area contributed by atoms with Crippen LogP contribution in [0, 0.1) is 46.7 Å². The van der Waals surface area contributed by atoms with Crippen LogP contribution in [0.3, 0.4) is 0 Å². The SMILES string of the molecule is CCCCOc1ccc(CCc2cc(F)c(C#Cc3ccc4c(F)c(F)c(F)cc4c3)c(F)c2)c(F)c1. The van der Waals surface area contributed by atoms with E-state index >= 15 is 0 Å². The molecule has 1 nitrogen and oxygen atoms in total. The van der Waals surface area contributed by atoms with Gasteiger partial charge in [0.05, 0.1) is 12.2 Å². The van der Waals surface area contributed by atoms with Crippen molar-refractivity contribution in [2.45, 2.75) is 32.6 Å². The molecule has 7 heteroatoms. The van der Waals surface area contributed by atoms with Crippen LogP contribution in [-0.4, -0.2) is 6.61 Å². The predicted octanol–water partition coefficient (Wildman–Crippen LogP) is 8.04. The van der Waals surface area contributed by atoms with Crippen molar-refractivity contribution in [1.82, 2.24) is 0 Å². The van der Waals surface area contributed by atoms with Gasteiger partial charge in [-0.15, -0.1) is 0 Å². The van der Waals surface area contributed by atoms with Gasteiger partial charge in [0, 0.05) is 17.0 Å². The molecule has 0 amide bonds. The highest BCUT2D eigenvalue weighted by molar-refractivity contribution is 5.84. The van der Waals surface area contributed by atoms with Gasteiger partial charge in [-0.05, 0) is 72.2 Å². The van der Waals surface area contributed by atoms with Crippen molar-refractivity contribution >= 4 is 10.8 Å².